The maximum Gasteiger partial charge on any atom is 0.0510 e. The fourth-order valence-electron chi connectivity index (χ4n) is 2.30. The van der Waals surface area contributed by atoms with Crippen LogP contribution in [0.5, 0.6) is 0 Å². The van der Waals surface area contributed by atoms with Crippen LogP contribution in [0.3, 0.4) is 0 Å². The summed E-state index contributed by atoms with van der Waals surface area (Å²) in [7, 11) is 2.07. The van der Waals surface area contributed by atoms with Crippen LogP contribution in [0.25, 0.3) is 0 Å². The van der Waals surface area contributed by atoms with E-state index in [1.807, 2.05) is 0 Å². The summed E-state index contributed by atoms with van der Waals surface area (Å²) >= 11 is 0. The first-order valence-electron chi connectivity index (χ1n) is 5.37. The quantitative estimate of drug-likeness (QED) is 0.723. The molecular formula is C11H23NO. The summed E-state index contributed by atoms with van der Waals surface area (Å²) < 4.78 is 5.44. The molecule has 0 aromatic rings. The molecule has 0 amide bonds. The molecule has 1 N–H and O–H groups in total. The molecule has 1 saturated heterocycles. The monoisotopic (exact) mass is 185 g/mol. The topological polar surface area (TPSA) is 21.3 Å². The first kappa shape index (κ1) is 11.0. The van der Waals surface area contributed by atoms with E-state index >= 15 is 0 Å². The second-order valence-electron chi connectivity index (χ2n) is 4.73. The smallest absolute Gasteiger partial charge is 0.0510 e. The summed E-state index contributed by atoms with van der Waals surface area (Å²) in [6, 6.07) is 0.597. The van der Waals surface area contributed by atoms with E-state index in [-0.39, 0.29) is 0 Å². The van der Waals surface area contributed by atoms with E-state index in [0.29, 0.717) is 17.4 Å². The van der Waals surface area contributed by atoms with Crippen molar-refractivity contribution >= 4 is 0 Å². The van der Waals surface area contributed by atoms with Crippen LogP contribution in [0.15, 0.2) is 0 Å². The minimum Gasteiger partial charge on any atom is -0.381 e. The first-order chi connectivity index (χ1) is 6.11. The zero-order chi connectivity index (χ0) is 9.90. The van der Waals surface area contributed by atoms with Crippen LogP contribution in [0.2, 0.25) is 0 Å². The molecule has 78 valence electrons. The number of ether oxygens (including phenoxy) is 1. The highest BCUT2D eigenvalue weighted by Crippen LogP contribution is 2.32. The van der Waals surface area contributed by atoms with Crippen LogP contribution < -0.4 is 5.32 Å². The minimum absolute atomic E-state index is 0.382. The van der Waals surface area contributed by atoms with Gasteiger partial charge in [-0.25, -0.2) is 0 Å². The summed E-state index contributed by atoms with van der Waals surface area (Å²) in [6.45, 7) is 8.83. The lowest BCUT2D eigenvalue weighted by molar-refractivity contribution is 0.138. The molecule has 0 bridgehead atoms. The second-order valence-corrected chi connectivity index (χ2v) is 4.73. The molecule has 1 aliphatic heterocycles. The van der Waals surface area contributed by atoms with Gasteiger partial charge in [0.2, 0.25) is 0 Å². The molecule has 1 rings (SSSR count). The molecule has 0 radical (unpaired) electrons. The largest absolute Gasteiger partial charge is 0.381 e. The third-order valence-corrected chi connectivity index (χ3v) is 3.50. The first-order valence-corrected chi connectivity index (χ1v) is 5.37. The Labute approximate surface area is 82.0 Å². The predicted octanol–water partition coefficient (Wildman–Crippen LogP) is 2.05. The number of hydrogen-bond acceptors (Lipinski definition) is 2. The van der Waals surface area contributed by atoms with Gasteiger partial charge in [-0.05, 0) is 25.3 Å². The molecule has 1 aliphatic rings. The van der Waals surface area contributed by atoms with Crippen LogP contribution in [-0.2, 0) is 4.74 Å². The van der Waals surface area contributed by atoms with Gasteiger partial charge in [0.05, 0.1) is 6.61 Å². The van der Waals surface area contributed by atoms with Gasteiger partial charge < -0.3 is 10.1 Å². The number of nitrogens with one attached hydrogen (secondary N) is 1. The molecule has 13 heavy (non-hydrogen) atoms. The fourth-order valence-corrected chi connectivity index (χ4v) is 2.30. The van der Waals surface area contributed by atoms with Gasteiger partial charge in [0.25, 0.3) is 0 Å². The van der Waals surface area contributed by atoms with Gasteiger partial charge in [0.1, 0.15) is 0 Å². The van der Waals surface area contributed by atoms with Crippen molar-refractivity contribution in [1.82, 2.24) is 5.32 Å². The third-order valence-electron chi connectivity index (χ3n) is 3.50. The fraction of sp³-hybridized carbons (Fsp3) is 1.00. The van der Waals surface area contributed by atoms with E-state index in [2.05, 4.69) is 33.1 Å². The van der Waals surface area contributed by atoms with Crippen LogP contribution in [0, 0.1) is 11.3 Å². The van der Waals surface area contributed by atoms with E-state index in [1.54, 1.807) is 0 Å². The van der Waals surface area contributed by atoms with Crippen LogP contribution in [-0.4, -0.2) is 26.3 Å². The Morgan fingerprint density at radius 2 is 2.23 bits per heavy atom. The summed E-state index contributed by atoms with van der Waals surface area (Å²) in [6.07, 6.45) is 2.43. The van der Waals surface area contributed by atoms with Crippen LogP contribution >= 0.6 is 0 Å². The van der Waals surface area contributed by atoms with Crippen molar-refractivity contribution in [1.29, 1.82) is 0 Å². The Bertz CT molecular complexity index is 150. The number of hydrogen-bond donors (Lipinski definition) is 1. The highest BCUT2D eigenvalue weighted by atomic mass is 16.5. The standard InChI is InChI=1S/C11H23NO/c1-5-11(2,3)10(12-4)9-6-7-13-8-9/h9-10,12H,5-8H2,1-4H3. The Kier molecular flexibility index (Phi) is 3.74. The van der Waals surface area contributed by atoms with Gasteiger partial charge >= 0.3 is 0 Å². The molecule has 1 fully saturated rings. The van der Waals surface area contributed by atoms with Crippen molar-refractivity contribution < 1.29 is 4.74 Å². The Hall–Kier alpha value is -0.0800. The maximum absolute atomic E-state index is 5.44. The van der Waals surface area contributed by atoms with Crippen molar-refractivity contribution in [2.45, 2.75) is 39.7 Å². The summed E-state index contributed by atoms with van der Waals surface area (Å²) in [5, 5.41) is 3.46. The summed E-state index contributed by atoms with van der Waals surface area (Å²) in [4.78, 5) is 0. The van der Waals surface area contributed by atoms with Crippen LogP contribution in [0.4, 0.5) is 0 Å². The molecule has 2 heteroatoms. The molecule has 0 saturated carbocycles. The molecule has 2 atom stereocenters. The van der Waals surface area contributed by atoms with Crippen molar-refractivity contribution in [2.24, 2.45) is 11.3 Å². The Balaban J connectivity index is 2.59. The van der Waals surface area contributed by atoms with E-state index in [0.717, 1.165) is 13.2 Å². The molecule has 0 aliphatic carbocycles. The van der Waals surface area contributed by atoms with Gasteiger partial charge in [-0.1, -0.05) is 20.8 Å². The van der Waals surface area contributed by atoms with Crippen LogP contribution in [0.1, 0.15) is 33.6 Å². The summed E-state index contributed by atoms with van der Waals surface area (Å²) in [5.74, 6) is 0.708. The molecule has 1 heterocycles. The van der Waals surface area contributed by atoms with Crippen molar-refractivity contribution in [3.8, 4) is 0 Å². The lowest BCUT2D eigenvalue weighted by atomic mass is 9.75. The average molecular weight is 185 g/mol. The van der Waals surface area contributed by atoms with E-state index < -0.39 is 0 Å². The minimum atomic E-state index is 0.382. The molecular weight excluding hydrogens is 162 g/mol. The van der Waals surface area contributed by atoms with Crippen molar-refractivity contribution in [3.63, 3.8) is 0 Å². The zero-order valence-corrected chi connectivity index (χ0v) is 9.39. The van der Waals surface area contributed by atoms with Gasteiger partial charge in [-0.2, -0.15) is 0 Å². The molecule has 0 aromatic carbocycles. The zero-order valence-electron chi connectivity index (χ0n) is 9.39. The van der Waals surface area contributed by atoms with Gasteiger partial charge in [-0.15, -0.1) is 0 Å². The molecule has 2 unspecified atom stereocenters. The Morgan fingerprint density at radius 3 is 2.62 bits per heavy atom. The lowest BCUT2D eigenvalue weighted by Gasteiger charge is -2.37. The second kappa shape index (κ2) is 4.43. The van der Waals surface area contributed by atoms with E-state index in [4.69, 9.17) is 4.74 Å². The number of rotatable bonds is 4. The highest BCUT2D eigenvalue weighted by Gasteiger charge is 2.34. The Morgan fingerprint density at radius 1 is 1.54 bits per heavy atom. The average Bonchev–Trinajstić information content (AvgIpc) is 2.58. The molecule has 0 spiro atoms. The molecule has 0 aromatic heterocycles. The lowest BCUT2D eigenvalue weighted by Crippen LogP contribution is -2.45. The van der Waals surface area contributed by atoms with Crippen molar-refractivity contribution in [3.05, 3.63) is 0 Å². The predicted molar refractivity (Wildman–Crippen MR) is 55.8 cm³/mol. The third kappa shape index (κ3) is 2.44. The van der Waals surface area contributed by atoms with E-state index in [1.165, 1.54) is 12.8 Å². The van der Waals surface area contributed by atoms with Crippen molar-refractivity contribution in [2.75, 3.05) is 20.3 Å². The van der Waals surface area contributed by atoms with Gasteiger partial charge in [0, 0.05) is 18.6 Å². The van der Waals surface area contributed by atoms with Gasteiger partial charge in [-0.3, -0.25) is 0 Å². The summed E-state index contributed by atoms with van der Waals surface area (Å²) in [5.41, 5.74) is 0.382. The molecule has 2 nitrogen and oxygen atoms in total. The highest BCUT2D eigenvalue weighted by molar-refractivity contribution is 4.89. The van der Waals surface area contributed by atoms with E-state index in [9.17, 15) is 0 Å². The maximum atomic E-state index is 5.44. The van der Waals surface area contributed by atoms with Gasteiger partial charge in [0.15, 0.2) is 0 Å². The SMILES string of the molecule is CCC(C)(C)C(NC)C1CCOC1. The normalized spacial score (nSPS) is 26.3.